The van der Waals surface area contributed by atoms with Crippen LogP contribution in [0.25, 0.3) is 0 Å². The number of hydrogen-bond acceptors (Lipinski definition) is 2. The normalized spacial score (nSPS) is 15.0. The average molecular weight is 376 g/mol. The van der Waals surface area contributed by atoms with Crippen LogP contribution in [0.3, 0.4) is 0 Å². The highest BCUT2D eigenvalue weighted by molar-refractivity contribution is 6.03. The molecule has 0 saturated carbocycles. The Morgan fingerprint density at radius 2 is 1.81 bits per heavy atom. The van der Waals surface area contributed by atoms with Crippen molar-refractivity contribution < 1.29 is 22.8 Å². The van der Waals surface area contributed by atoms with Crippen LogP contribution in [-0.4, -0.2) is 22.8 Å². The Hall–Kier alpha value is -2.83. The van der Waals surface area contributed by atoms with Gasteiger partial charge in [-0.25, -0.2) is 0 Å². The van der Waals surface area contributed by atoms with Gasteiger partial charge >= 0.3 is 6.18 Å². The van der Waals surface area contributed by atoms with Gasteiger partial charge in [-0.2, -0.15) is 13.2 Å². The topological polar surface area (TPSA) is 49.4 Å². The van der Waals surface area contributed by atoms with E-state index in [0.29, 0.717) is 12.1 Å². The van der Waals surface area contributed by atoms with Crippen LogP contribution in [0.4, 0.5) is 18.9 Å². The van der Waals surface area contributed by atoms with Crippen LogP contribution in [0.5, 0.6) is 0 Å². The second kappa shape index (κ2) is 7.06. The molecule has 0 spiro atoms. The summed E-state index contributed by atoms with van der Waals surface area (Å²) in [4.78, 5) is 27.0. The van der Waals surface area contributed by atoms with Crippen molar-refractivity contribution in [1.82, 2.24) is 4.90 Å². The lowest BCUT2D eigenvalue weighted by Gasteiger charge is -2.30. The fraction of sp³-hybridized carbons (Fsp3) is 0.300. The van der Waals surface area contributed by atoms with Crippen molar-refractivity contribution in [3.63, 3.8) is 0 Å². The number of anilines is 1. The summed E-state index contributed by atoms with van der Waals surface area (Å²) < 4.78 is 38.6. The zero-order valence-electron chi connectivity index (χ0n) is 14.9. The van der Waals surface area contributed by atoms with Crippen molar-refractivity contribution >= 4 is 17.5 Å². The minimum atomic E-state index is -4.50. The lowest BCUT2D eigenvalue weighted by Crippen LogP contribution is -2.47. The first kappa shape index (κ1) is 18.9. The number of alkyl halides is 3. The SMILES string of the molecule is CC(C)C(C(=O)Nc1cccc(C(F)(F)F)c1)N1Cc2ccccc2C1=O. The number of benzene rings is 2. The van der Waals surface area contributed by atoms with Gasteiger partial charge in [-0.1, -0.05) is 38.1 Å². The van der Waals surface area contributed by atoms with E-state index in [0.717, 1.165) is 17.7 Å². The second-order valence-electron chi connectivity index (χ2n) is 6.85. The van der Waals surface area contributed by atoms with Crippen molar-refractivity contribution in [2.45, 2.75) is 32.6 Å². The molecule has 2 aromatic carbocycles. The number of hydrogen-bond donors (Lipinski definition) is 1. The van der Waals surface area contributed by atoms with Gasteiger partial charge in [0.1, 0.15) is 6.04 Å². The third-order valence-electron chi connectivity index (χ3n) is 4.54. The lowest BCUT2D eigenvalue weighted by atomic mass is 10.0. The van der Waals surface area contributed by atoms with E-state index in [-0.39, 0.29) is 17.5 Å². The monoisotopic (exact) mass is 376 g/mol. The molecule has 0 fully saturated rings. The van der Waals surface area contributed by atoms with Gasteiger partial charge in [0.15, 0.2) is 0 Å². The molecule has 0 aromatic heterocycles. The van der Waals surface area contributed by atoms with E-state index in [1.807, 2.05) is 12.1 Å². The van der Waals surface area contributed by atoms with Crippen LogP contribution >= 0.6 is 0 Å². The Labute approximate surface area is 155 Å². The second-order valence-corrected chi connectivity index (χ2v) is 6.85. The number of halogens is 3. The number of nitrogens with zero attached hydrogens (tertiary/aromatic N) is 1. The maximum Gasteiger partial charge on any atom is 0.416 e. The third kappa shape index (κ3) is 3.82. The van der Waals surface area contributed by atoms with Crippen LogP contribution < -0.4 is 5.32 Å². The molecule has 27 heavy (non-hydrogen) atoms. The highest BCUT2D eigenvalue weighted by Crippen LogP contribution is 2.31. The minimum Gasteiger partial charge on any atom is -0.324 e. The molecule has 1 atom stereocenters. The summed E-state index contributed by atoms with van der Waals surface area (Å²) in [6.07, 6.45) is -4.50. The third-order valence-corrected chi connectivity index (χ3v) is 4.54. The summed E-state index contributed by atoms with van der Waals surface area (Å²) in [6.45, 7) is 3.90. The molecule has 7 heteroatoms. The minimum absolute atomic E-state index is 0.0460. The molecule has 1 aliphatic heterocycles. The molecule has 2 amide bonds. The van der Waals surface area contributed by atoms with Crippen LogP contribution in [0.2, 0.25) is 0 Å². The largest absolute Gasteiger partial charge is 0.416 e. The number of rotatable bonds is 4. The molecule has 0 bridgehead atoms. The summed E-state index contributed by atoms with van der Waals surface area (Å²) in [5.74, 6) is -0.969. The fourth-order valence-electron chi connectivity index (χ4n) is 3.30. The molecule has 1 aliphatic rings. The Balaban J connectivity index is 1.83. The number of amides is 2. The summed E-state index contributed by atoms with van der Waals surface area (Å²) in [5, 5.41) is 2.53. The molecule has 1 heterocycles. The number of fused-ring (bicyclic) bond motifs is 1. The quantitative estimate of drug-likeness (QED) is 0.864. The summed E-state index contributed by atoms with van der Waals surface area (Å²) in [5.41, 5.74) is 0.589. The van der Waals surface area contributed by atoms with Gasteiger partial charge in [0.05, 0.1) is 5.56 Å². The summed E-state index contributed by atoms with van der Waals surface area (Å²) >= 11 is 0. The van der Waals surface area contributed by atoms with E-state index >= 15 is 0 Å². The predicted octanol–water partition coefficient (Wildman–Crippen LogP) is 4.32. The Morgan fingerprint density at radius 3 is 2.44 bits per heavy atom. The molecule has 0 radical (unpaired) electrons. The van der Waals surface area contributed by atoms with E-state index in [1.165, 1.54) is 17.0 Å². The zero-order chi connectivity index (χ0) is 19.8. The van der Waals surface area contributed by atoms with Gasteiger partial charge in [0.2, 0.25) is 5.91 Å². The molecule has 1 N–H and O–H groups in total. The van der Waals surface area contributed by atoms with Crippen molar-refractivity contribution in [2.24, 2.45) is 5.92 Å². The molecule has 3 rings (SSSR count). The predicted molar refractivity (Wildman–Crippen MR) is 95.0 cm³/mol. The molecule has 4 nitrogen and oxygen atoms in total. The Morgan fingerprint density at radius 1 is 1.11 bits per heavy atom. The molecular formula is C20H19F3N2O2. The number of carbonyl (C=O) groups is 2. The van der Waals surface area contributed by atoms with Crippen molar-refractivity contribution in [1.29, 1.82) is 0 Å². The van der Waals surface area contributed by atoms with Gasteiger partial charge in [-0.3, -0.25) is 9.59 Å². The van der Waals surface area contributed by atoms with Crippen LogP contribution in [0.1, 0.15) is 35.3 Å². The molecule has 0 aliphatic carbocycles. The zero-order valence-corrected chi connectivity index (χ0v) is 14.9. The van der Waals surface area contributed by atoms with Crippen molar-refractivity contribution in [2.75, 3.05) is 5.32 Å². The highest BCUT2D eigenvalue weighted by atomic mass is 19.4. The van der Waals surface area contributed by atoms with E-state index in [2.05, 4.69) is 5.32 Å². The van der Waals surface area contributed by atoms with E-state index < -0.39 is 23.7 Å². The van der Waals surface area contributed by atoms with Crippen LogP contribution in [0, 0.1) is 5.92 Å². The van der Waals surface area contributed by atoms with Crippen LogP contribution in [0.15, 0.2) is 48.5 Å². The Bertz CT molecular complexity index is 878. The van der Waals surface area contributed by atoms with Crippen molar-refractivity contribution in [3.8, 4) is 0 Å². The van der Waals surface area contributed by atoms with Crippen LogP contribution in [-0.2, 0) is 17.5 Å². The average Bonchev–Trinajstić information content (AvgIpc) is 2.91. The van der Waals surface area contributed by atoms with E-state index in [4.69, 9.17) is 0 Å². The smallest absolute Gasteiger partial charge is 0.324 e. The first-order chi connectivity index (χ1) is 12.7. The summed E-state index contributed by atoms with van der Waals surface area (Å²) in [6, 6.07) is 10.8. The van der Waals surface area contributed by atoms with Crippen molar-refractivity contribution in [3.05, 3.63) is 65.2 Å². The van der Waals surface area contributed by atoms with Gasteiger partial charge in [-0.05, 0) is 35.7 Å². The molecule has 1 unspecified atom stereocenters. The Kier molecular flexibility index (Phi) is 4.95. The lowest BCUT2D eigenvalue weighted by molar-refractivity contribution is -0.137. The molecular weight excluding hydrogens is 357 g/mol. The first-order valence-corrected chi connectivity index (χ1v) is 8.55. The highest BCUT2D eigenvalue weighted by Gasteiger charge is 2.38. The van der Waals surface area contributed by atoms with Gasteiger partial charge in [0.25, 0.3) is 5.91 Å². The maximum atomic E-state index is 12.9. The standard InChI is InChI=1S/C20H19F3N2O2/c1-12(2)17(25-11-13-6-3-4-9-16(13)19(25)27)18(26)24-15-8-5-7-14(10-15)20(21,22)23/h3-10,12,17H,11H2,1-2H3,(H,24,26). The van der Waals surface area contributed by atoms with Gasteiger partial charge in [-0.15, -0.1) is 0 Å². The van der Waals surface area contributed by atoms with E-state index in [1.54, 1.807) is 26.0 Å². The summed E-state index contributed by atoms with van der Waals surface area (Å²) in [7, 11) is 0. The van der Waals surface area contributed by atoms with Gasteiger partial charge < -0.3 is 10.2 Å². The number of carbonyl (C=O) groups excluding carboxylic acids is 2. The molecule has 0 saturated heterocycles. The maximum absolute atomic E-state index is 12.9. The van der Waals surface area contributed by atoms with Gasteiger partial charge in [0, 0.05) is 17.8 Å². The first-order valence-electron chi connectivity index (χ1n) is 8.55. The fourth-order valence-corrected chi connectivity index (χ4v) is 3.30. The van der Waals surface area contributed by atoms with E-state index in [9.17, 15) is 22.8 Å². The number of nitrogens with one attached hydrogen (secondary N) is 1. The molecule has 142 valence electrons. The molecule has 2 aromatic rings.